The highest BCUT2D eigenvalue weighted by Gasteiger charge is 2.36. The fourth-order valence-electron chi connectivity index (χ4n) is 3.04. The van der Waals surface area contributed by atoms with E-state index in [1.165, 1.54) is 18.3 Å². The summed E-state index contributed by atoms with van der Waals surface area (Å²) < 4.78 is 20.4. The van der Waals surface area contributed by atoms with Crippen molar-refractivity contribution < 1.29 is 19.0 Å². The number of aliphatic hydroxyl groups excluding tert-OH is 1. The molecular weight excluding hydrogens is 325 g/mol. The first kappa shape index (κ1) is 17.4. The first-order valence-corrected chi connectivity index (χ1v) is 8.47. The Morgan fingerprint density at radius 2 is 2.16 bits per heavy atom. The quantitative estimate of drug-likeness (QED) is 0.838. The predicted octanol–water partition coefficient (Wildman–Crippen LogP) is 1.99. The molecule has 0 aliphatic heterocycles. The van der Waals surface area contributed by atoms with Crippen molar-refractivity contribution >= 4 is 5.91 Å². The van der Waals surface area contributed by atoms with Gasteiger partial charge in [-0.1, -0.05) is 0 Å². The van der Waals surface area contributed by atoms with Crippen LogP contribution in [-0.2, 0) is 6.54 Å². The number of aliphatic hydroxyl groups is 1. The highest BCUT2D eigenvalue weighted by Crippen LogP contribution is 2.29. The molecule has 1 aliphatic rings. The number of nitrogens with zero attached hydrogens (tertiary/aromatic N) is 2. The van der Waals surface area contributed by atoms with E-state index in [0.29, 0.717) is 30.8 Å². The van der Waals surface area contributed by atoms with Gasteiger partial charge in [-0.2, -0.15) is 5.10 Å². The average molecular weight is 347 g/mol. The first-order valence-electron chi connectivity index (χ1n) is 8.47. The van der Waals surface area contributed by atoms with Crippen LogP contribution < -0.4 is 10.1 Å². The molecule has 134 valence electrons. The van der Waals surface area contributed by atoms with Crippen LogP contribution in [0, 0.1) is 11.7 Å². The van der Waals surface area contributed by atoms with Crippen LogP contribution in [0.1, 0.15) is 30.1 Å². The summed E-state index contributed by atoms with van der Waals surface area (Å²) in [7, 11) is 0. The monoisotopic (exact) mass is 347 g/mol. The average Bonchev–Trinajstić information content (AvgIpc) is 3.23. The second-order valence-corrected chi connectivity index (χ2v) is 6.23. The standard InChI is InChI=1S/C18H22FN3O3/c1-2-22-11-13(10-21-22)18(24)20-9-12-3-8-16(17(12)23)25-15-6-4-14(19)5-7-15/h4-7,10-12,16-17,23H,2-3,8-9H2,1H3,(H,20,24)/t12-,16-,17-/m1/s1. The maximum absolute atomic E-state index is 12.9. The molecule has 3 rings (SSSR count). The van der Waals surface area contributed by atoms with Gasteiger partial charge in [0, 0.05) is 25.2 Å². The SMILES string of the molecule is CCn1cc(C(=O)NC[C@H]2CC[C@@H](Oc3ccc(F)cc3)[C@@H]2O)cn1. The molecule has 1 fully saturated rings. The van der Waals surface area contributed by atoms with Gasteiger partial charge in [-0.25, -0.2) is 4.39 Å². The van der Waals surface area contributed by atoms with Gasteiger partial charge in [0.15, 0.2) is 0 Å². The molecular formula is C18H22FN3O3. The van der Waals surface area contributed by atoms with E-state index in [1.54, 1.807) is 23.0 Å². The number of halogens is 1. The lowest BCUT2D eigenvalue weighted by Gasteiger charge is -2.21. The van der Waals surface area contributed by atoms with Gasteiger partial charge in [-0.15, -0.1) is 0 Å². The van der Waals surface area contributed by atoms with Gasteiger partial charge in [-0.05, 0) is 44.0 Å². The summed E-state index contributed by atoms with van der Waals surface area (Å²) in [4.78, 5) is 12.1. The number of aryl methyl sites for hydroxylation is 1. The Morgan fingerprint density at radius 1 is 1.40 bits per heavy atom. The van der Waals surface area contributed by atoms with Gasteiger partial charge in [0.2, 0.25) is 0 Å². The van der Waals surface area contributed by atoms with E-state index in [1.807, 2.05) is 6.92 Å². The molecule has 1 aromatic heterocycles. The maximum atomic E-state index is 12.9. The lowest BCUT2D eigenvalue weighted by molar-refractivity contribution is 0.0348. The smallest absolute Gasteiger partial charge is 0.254 e. The molecule has 2 aromatic rings. The van der Waals surface area contributed by atoms with Crippen LogP contribution in [0.15, 0.2) is 36.7 Å². The fraction of sp³-hybridized carbons (Fsp3) is 0.444. The molecule has 0 unspecified atom stereocenters. The Balaban J connectivity index is 1.50. The number of carbonyl (C=O) groups is 1. The summed E-state index contributed by atoms with van der Waals surface area (Å²) in [6.07, 6.45) is 3.64. The van der Waals surface area contributed by atoms with E-state index in [0.717, 1.165) is 6.42 Å². The molecule has 1 aromatic carbocycles. The van der Waals surface area contributed by atoms with Crippen LogP contribution in [0.2, 0.25) is 0 Å². The molecule has 0 saturated heterocycles. The topological polar surface area (TPSA) is 76.4 Å². The van der Waals surface area contributed by atoms with Crippen molar-refractivity contribution in [2.75, 3.05) is 6.54 Å². The third kappa shape index (κ3) is 4.17. The minimum atomic E-state index is -0.677. The predicted molar refractivity (Wildman–Crippen MR) is 89.8 cm³/mol. The summed E-state index contributed by atoms with van der Waals surface area (Å²) in [5.74, 6) is -0.0705. The summed E-state index contributed by atoms with van der Waals surface area (Å²) >= 11 is 0. The Morgan fingerprint density at radius 3 is 2.84 bits per heavy atom. The summed E-state index contributed by atoms with van der Waals surface area (Å²) in [6.45, 7) is 3.03. The maximum Gasteiger partial charge on any atom is 0.254 e. The van der Waals surface area contributed by atoms with Crippen molar-refractivity contribution in [1.29, 1.82) is 0 Å². The molecule has 2 N–H and O–H groups in total. The number of amides is 1. The first-order chi connectivity index (χ1) is 12.1. The molecule has 1 amide bonds. The molecule has 25 heavy (non-hydrogen) atoms. The molecule has 6 nitrogen and oxygen atoms in total. The Labute approximate surface area is 145 Å². The number of ether oxygens (including phenoxy) is 1. The Kier molecular flexibility index (Phi) is 5.33. The van der Waals surface area contributed by atoms with Crippen LogP contribution in [0.3, 0.4) is 0 Å². The molecule has 1 saturated carbocycles. The van der Waals surface area contributed by atoms with E-state index < -0.39 is 6.10 Å². The Bertz CT molecular complexity index is 717. The van der Waals surface area contributed by atoms with E-state index in [-0.39, 0.29) is 23.7 Å². The van der Waals surface area contributed by atoms with Crippen molar-refractivity contribution in [2.24, 2.45) is 5.92 Å². The van der Waals surface area contributed by atoms with E-state index in [9.17, 15) is 14.3 Å². The van der Waals surface area contributed by atoms with Gasteiger partial charge >= 0.3 is 0 Å². The lowest BCUT2D eigenvalue weighted by Crippen LogP contribution is -2.37. The van der Waals surface area contributed by atoms with Crippen molar-refractivity contribution in [2.45, 2.75) is 38.5 Å². The van der Waals surface area contributed by atoms with Crippen LogP contribution >= 0.6 is 0 Å². The second-order valence-electron chi connectivity index (χ2n) is 6.23. The molecule has 3 atom stereocenters. The van der Waals surface area contributed by atoms with Gasteiger partial charge in [0.25, 0.3) is 5.91 Å². The van der Waals surface area contributed by atoms with Gasteiger partial charge < -0.3 is 15.2 Å². The number of hydrogen-bond acceptors (Lipinski definition) is 4. The number of nitrogens with one attached hydrogen (secondary N) is 1. The van der Waals surface area contributed by atoms with Crippen LogP contribution in [0.25, 0.3) is 0 Å². The number of hydrogen-bond donors (Lipinski definition) is 2. The Hall–Kier alpha value is -2.41. The highest BCUT2D eigenvalue weighted by molar-refractivity contribution is 5.93. The normalized spacial score (nSPS) is 22.8. The van der Waals surface area contributed by atoms with Gasteiger partial charge in [0.1, 0.15) is 17.7 Å². The van der Waals surface area contributed by atoms with Crippen LogP contribution in [0.4, 0.5) is 4.39 Å². The third-order valence-corrected chi connectivity index (χ3v) is 4.53. The fourth-order valence-corrected chi connectivity index (χ4v) is 3.04. The van der Waals surface area contributed by atoms with Gasteiger partial charge in [0.05, 0.1) is 17.9 Å². The molecule has 0 bridgehead atoms. The minimum Gasteiger partial charge on any atom is -0.488 e. The summed E-state index contributed by atoms with van der Waals surface area (Å²) in [6, 6.07) is 5.74. The number of rotatable bonds is 6. The zero-order valence-corrected chi connectivity index (χ0v) is 14.1. The summed E-state index contributed by atoms with van der Waals surface area (Å²) in [5.41, 5.74) is 0.508. The zero-order valence-electron chi connectivity index (χ0n) is 14.1. The van der Waals surface area contributed by atoms with Crippen molar-refractivity contribution in [1.82, 2.24) is 15.1 Å². The minimum absolute atomic E-state index is 0.0735. The van der Waals surface area contributed by atoms with Crippen molar-refractivity contribution in [3.8, 4) is 5.75 Å². The number of carbonyl (C=O) groups excluding carboxylic acids is 1. The third-order valence-electron chi connectivity index (χ3n) is 4.53. The van der Waals surface area contributed by atoms with Crippen LogP contribution in [-0.4, -0.2) is 39.5 Å². The van der Waals surface area contributed by atoms with E-state index in [4.69, 9.17) is 4.74 Å². The zero-order chi connectivity index (χ0) is 17.8. The lowest BCUT2D eigenvalue weighted by atomic mass is 10.1. The molecule has 1 heterocycles. The molecule has 7 heteroatoms. The molecule has 0 spiro atoms. The van der Waals surface area contributed by atoms with Crippen molar-refractivity contribution in [3.63, 3.8) is 0 Å². The number of aromatic nitrogens is 2. The van der Waals surface area contributed by atoms with E-state index >= 15 is 0 Å². The molecule has 1 aliphatic carbocycles. The largest absolute Gasteiger partial charge is 0.488 e. The van der Waals surface area contributed by atoms with Gasteiger partial charge in [-0.3, -0.25) is 9.48 Å². The van der Waals surface area contributed by atoms with Crippen LogP contribution in [0.5, 0.6) is 5.75 Å². The highest BCUT2D eigenvalue weighted by atomic mass is 19.1. The van der Waals surface area contributed by atoms with Crippen molar-refractivity contribution in [3.05, 3.63) is 48.0 Å². The summed E-state index contributed by atoms with van der Waals surface area (Å²) in [5, 5.41) is 17.3. The number of benzene rings is 1. The second kappa shape index (κ2) is 7.65. The molecule has 0 radical (unpaired) electrons. The van der Waals surface area contributed by atoms with E-state index in [2.05, 4.69) is 10.4 Å².